The van der Waals surface area contributed by atoms with E-state index >= 15 is 0 Å². The van der Waals surface area contributed by atoms with Crippen molar-refractivity contribution in [2.75, 3.05) is 5.73 Å². The number of nitrogen functional groups attached to an aromatic ring is 1. The van der Waals surface area contributed by atoms with E-state index in [0.717, 1.165) is 16.9 Å². The Morgan fingerprint density at radius 1 is 1.33 bits per heavy atom. The molecule has 0 amide bonds. The van der Waals surface area contributed by atoms with Crippen LogP contribution >= 0.6 is 11.8 Å². The average Bonchev–Trinajstić information content (AvgIpc) is 2.92. The topological polar surface area (TPSA) is 91.0 Å². The SMILES string of the molecule is Cc1nonc1CSc1nc2ccc(N)cc2o1. The lowest BCUT2D eigenvalue weighted by molar-refractivity contribution is 0.302. The molecule has 0 saturated carbocycles. The van der Waals surface area contributed by atoms with Gasteiger partial charge < -0.3 is 10.2 Å². The van der Waals surface area contributed by atoms with E-state index in [4.69, 9.17) is 10.2 Å². The number of hydrogen-bond acceptors (Lipinski definition) is 7. The molecule has 0 saturated heterocycles. The van der Waals surface area contributed by atoms with Crippen molar-refractivity contribution in [3.8, 4) is 0 Å². The number of benzene rings is 1. The Bertz CT molecular complexity index is 691. The third-order valence-corrected chi connectivity index (χ3v) is 3.31. The number of hydrogen-bond donors (Lipinski definition) is 1. The third kappa shape index (κ3) is 2.04. The maximum atomic E-state index is 5.68. The van der Waals surface area contributed by atoms with Crippen LogP contribution in [0.1, 0.15) is 11.4 Å². The largest absolute Gasteiger partial charge is 0.431 e. The number of thioether (sulfide) groups is 1. The molecule has 18 heavy (non-hydrogen) atoms. The fourth-order valence-electron chi connectivity index (χ4n) is 1.49. The predicted octanol–water partition coefficient (Wildman–Crippen LogP) is 2.39. The van der Waals surface area contributed by atoms with Gasteiger partial charge >= 0.3 is 0 Å². The Morgan fingerprint density at radius 2 is 2.22 bits per heavy atom. The molecule has 0 aliphatic carbocycles. The van der Waals surface area contributed by atoms with Gasteiger partial charge in [-0.15, -0.1) is 0 Å². The quantitative estimate of drug-likeness (QED) is 0.572. The van der Waals surface area contributed by atoms with E-state index in [9.17, 15) is 0 Å². The zero-order chi connectivity index (χ0) is 12.5. The fourth-order valence-corrected chi connectivity index (χ4v) is 2.33. The summed E-state index contributed by atoms with van der Waals surface area (Å²) < 4.78 is 10.2. The molecule has 7 heteroatoms. The Labute approximate surface area is 107 Å². The van der Waals surface area contributed by atoms with Crippen LogP contribution in [0.5, 0.6) is 0 Å². The Balaban J connectivity index is 1.81. The van der Waals surface area contributed by atoms with Crippen molar-refractivity contribution in [1.29, 1.82) is 0 Å². The molecule has 2 N–H and O–H groups in total. The van der Waals surface area contributed by atoms with E-state index in [1.165, 1.54) is 11.8 Å². The first-order valence-electron chi connectivity index (χ1n) is 5.29. The predicted molar refractivity (Wildman–Crippen MR) is 67.0 cm³/mol. The van der Waals surface area contributed by atoms with Crippen LogP contribution in [0.2, 0.25) is 0 Å². The molecule has 3 rings (SSSR count). The van der Waals surface area contributed by atoms with Gasteiger partial charge in [-0.1, -0.05) is 22.1 Å². The van der Waals surface area contributed by atoms with E-state index in [-0.39, 0.29) is 0 Å². The van der Waals surface area contributed by atoms with E-state index in [0.29, 0.717) is 22.2 Å². The number of aromatic nitrogens is 3. The van der Waals surface area contributed by atoms with Gasteiger partial charge in [-0.3, -0.25) is 0 Å². The highest BCUT2D eigenvalue weighted by atomic mass is 32.2. The van der Waals surface area contributed by atoms with Crippen LogP contribution in [0.3, 0.4) is 0 Å². The van der Waals surface area contributed by atoms with Crippen LogP contribution in [-0.2, 0) is 5.75 Å². The van der Waals surface area contributed by atoms with Gasteiger partial charge in [0.05, 0.1) is 5.75 Å². The lowest BCUT2D eigenvalue weighted by Crippen LogP contribution is -1.84. The van der Waals surface area contributed by atoms with Gasteiger partial charge in [-0.05, 0) is 19.1 Å². The lowest BCUT2D eigenvalue weighted by Gasteiger charge is -1.91. The van der Waals surface area contributed by atoms with Crippen molar-refractivity contribution in [3.63, 3.8) is 0 Å². The second kappa shape index (κ2) is 4.34. The molecule has 0 atom stereocenters. The van der Waals surface area contributed by atoms with Crippen molar-refractivity contribution in [2.45, 2.75) is 17.9 Å². The van der Waals surface area contributed by atoms with Crippen LogP contribution in [0.4, 0.5) is 5.69 Å². The van der Waals surface area contributed by atoms with E-state index in [1.54, 1.807) is 12.1 Å². The number of oxazole rings is 1. The van der Waals surface area contributed by atoms with Crippen LogP contribution in [0.25, 0.3) is 11.1 Å². The van der Waals surface area contributed by atoms with Crippen LogP contribution in [0, 0.1) is 6.92 Å². The first kappa shape index (κ1) is 11.1. The normalized spacial score (nSPS) is 11.2. The minimum atomic E-state index is 0.581. The molecule has 0 aliphatic rings. The highest BCUT2D eigenvalue weighted by Gasteiger charge is 2.10. The summed E-state index contributed by atoms with van der Waals surface area (Å²) in [7, 11) is 0. The molecule has 0 unspecified atom stereocenters. The highest BCUT2D eigenvalue weighted by molar-refractivity contribution is 7.98. The summed E-state index contributed by atoms with van der Waals surface area (Å²) in [6.07, 6.45) is 0. The van der Waals surface area contributed by atoms with Gasteiger partial charge in [-0.25, -0.2) is 9.61 Å². The molecule has 0 bridgehead atoms. The molecule has 1 aromatic carbocycles. The summed E-state index contributed by atoms with van der Waals surface area (Å²) in [4.78, 5) is 4.34. The van der Waals surface area contributed by atoms with Gasteiger partial charge in [0, 0.05) is 11.8 Å². The monoisotopic (exact) mass is 262 g/mol. The standard InChI is InChI=1S/C11H10N4O2S/c1-6-9(15-17-14-6)5-18-11-13-8-3-2-7(12)4-10(8)16-11/h2-4H,5,12H2,1H3. The summed E-state index contributed by atoms with van der Waals surface area (Å²) in [6, 6.07) is 5.39. The zero-order valence-corrected chi connectivity index (χ0v) is 10.4. The Morgan fingerprint density at radius 3 is 3.00 bits per heavy atom. The maximum absolute atomic E-state index is 5.68. The van der Waals surface area contributed by atoms with Gasteiger partial charge in [0.25, 0.3) is 5.22 Å². The molecular formula is C11H10N4O2S. The molecule has 0 radical (unpaired) electrons. The number of nitrogens with zero attached hydrogens (tertiary/aromatic N) is 3. The number of nitrogens with two attached hydrogens (primary N) is 1. The molecule has 0 spiro atoms. The molecular weight excluding hydrogens is 252 g/mol. The number of fused-ring (bicyclic) bond motifs is 1. The van der Waals surface area contributed by atoms with E-state index < -0.39 is 0 Å². The fraction of sp³-hybridized carbons (Fsp3) is 0.182. The first-order chi connectivity index (χ1) is 8.72. The number of anilines is 1. The minimum absolute atomic E-state index is 0.581. The van der Waals surface area contributed by atoms with Crippen molar-refractivity contribution < 1.29 is 9.05 Å². The third-order valence-electron chi connectivity index (χ3n) is 2.47. The molecule has 0 aliphatic heterocycles. The number of rotatable bonds is 3. The summed E-state index contributed by atoms with van der Waals surface area (Å²) in [5, 5.41) is 8.10. The van der Waals surface area contributed by atoms with E-state index in [2.05, 4.69) is 19.9 Å². The van der Waals surface area contributed by atoms with Crippen LogP contribution < -0.4 is 5.73 Å². The highest BCUT2D eigenvalue weighted by Crippen LogP contribution is 2.27. The van der Waals surface area contributed by atoms with Crippen LogP contribution in [-0.4, -0.2) is 15.3 Å². The second-order valence-electron chi connectivity index (χ2n) is 3.79. The van der Waals surface area contributed by atoms with Gasteiger partial charge in [0.2, 0.25) is 0 Å². The molecule has 2 heterocycles. The second-order valence-corrected chi connectivity index (χ2v) is 4.72. The Hall–Kier alpha value is -2.02. The van der Waals surface area contributed by atoms with Gasteiger partial charge in [-0.2, -0.15) is 0 Å². The zero-order valence-electron chi connectivity index (χ0n) is 9.58. The molecule has 6 nitrogen and oxygen atoms in total. The van der Waals surface area contributed by atoms with Gasteiger partial charge in [0.1, 0.15) is 16.9 Å². The lowest BCUT2D eigenvalue weighted by atomic mass is 10.3. The maximum Gasteiger partial charge on any atom is 0.257 e. The molecule has 2 aromatic heterocycles. The molecule has 0 fully saturated rings. The summed E-state index contributed by atoms with van der Waals surface area (Å²) in [5.74, 6) is 0.609. The average molecular weight is 262 g/mol. The van der Waals surface area contributed by atoms with Crippen LogP contribution in [0.15, 0.2) is 32.5 Å². The first-order valence-corrected chi connectivity index (χ1v) is 6.28. The summed E-state index contributed by atoms with van der Waals surface area (Å²) in [5.41, 5.74) is 9.39. The van der Waals surface area contributed by atoms with Crippen molar-refractivity contribution in [1.82, 2.24) is 15.3 Å². The van der Waals surface area contributed by atoms with Crippen molar-refractivity contribution >= 4 is 28.5 Å². The molecule has 92 valence electrons. The summed E-state index contributed by atoms with van der Waals surface area (Å²) in [6.45, 7) is 1.85. The Kier molecular flexibility index (Phi) is 2.67. The smallest absolute Gasteiger partial charge is 0.257 e. The number of aryl methyl sites for hydroxylation is 1. The summed E-state index contributed by atoms with van der Waals surface area (Å²) >= 11 is 1.44. The van der Waals surface area contributed by atoms with Crippen molar-refractivity contribution in [2.24, 2.45) is 0 Å². The van der Waals surface area contributed by atoms with E-state index in [1.807, 2.05) is 13.0 Å². The minimum Gasteiger partial charge on any atom is -0.431 e. The van der Waals surface area contributed by atoms with Gasteiger partial charge in [0.15, 0.2) is 5.58 Å². The van der Waals surface area contributed by atoms with Crippen molar-refractivity contribution in [3.05, 3.63) is 29.6 Å². The molecule has 3 aromatic rings.